The van der Waals surface area contributed by atoms with E-state index in [0.717, 1.165) is 15.4 Å². The lowest BCUT2D eigenvalue weighted by Gasteiger charge is -2.17. The molecule has 3 rings (SSSR count). The maximum atomic E-state index is 13.0. The smallest absolute Gasteiger partial charge is 0.246 e. The molecule has 0 bridgehead atoms. The van der Waals surface area contributed by atoms with E-state index < -0.39 is 16.1 Å². The minimum Gasteiger partial charge on any atom is -0.495 e. The van der Waals surface area contributed by atoms with Gasteiger partial charge in [-0.15, -0.1) is 0 Å². The van der Waals surface area contributed by atoms with Crippen molar-refractivity contribution >= 4 is 15.9 Å². The summed E-state index contributed by atoms with van der Waals surface area (Å²) in [7, 11) is 0.641. The number of halogens is 1. The summed E-state index contributed by atoms with van der Waals surface area (Å²) in [6.45, 7) is 0.287. The van der Waals surface area contributed by atoms with Crippen molar-refractivity contribution in [2.45, 2.75) is 29.9 Å². The fraction of sp³-hybridized carbons (Fsp3) is 0.350. The van der Waals surface area contributed by atoms with Crippen LogP contribution in [-0.4, -0.2) is 45.9 Å². The number of sulfonamides is 1. The number of benzene rings is 2. The van der Waals surface area contributed by atoms with Gasteiger partial charge in [-0.1, -0.05) is 18.2 Å². The molecule has 10 heteroatoms. The molecule has 0 aliphatic carbocycles. The van der Waals surface area contributed by atoms with Gasteiger partial charge in [0.15, 0.2) is 0 Å². The van der Waals surface area contributed by atoms with Crippen LogP contribution in [0.5, 0.6) is 5.75 Å². The molecule has 1 aliphatic rings. The van der Waals surface area contributed by atoms with Crippen molar-refractivity contribution in [3.05, 3.63) is 59.4 Å². The molecular formula is C20H25FN4O4S. The summed E-state index contributed by atoms with van der Waals surface area (Å²) in [6, 6.07) is 10.1. The van der Waals surface area contributed by atoms with Crippen LogP contribution in [0.3, 0.4) is 0 Å². The van der Waals surface area contributed by atoms with E-state index in [2.05, 4.69) is 16.2 Å². The number of nitrogens with zero attached hydrogens (tertiary/aromatic N) is 1. The zero-order valence-corrected chi connectivity index (χ0v) is 17.8. The molecular weight excluding hydrogens is 411 g/mol. The topological polar surface area (TPSA) is 99.8 Å². The van der Waals surface area contributed by atoms with E-state index in [1.807, 2.05) is 0 Å². The van der Waals surface area contributed by atoms with E-state index in [-0.39, 0.29) is 35.0 Å². The monoisotopic (exact) mass is 436 g/mol. The van der Waals surface area contributed by atoms with Crippen LogP contribution in [0.1, 0.15) is 23.6 Å². The highest BCUT2D eigenvalue weighted by molar-refractivity contribution is 7.89. The van der Waals surface area contributed by atoms with Crippen LogP contribution in [-0.2, 0) is 21.4 Å². The van der Waals surface area contributed by atoms with Crippen LogP contribution in [0.25, 0.3) is 0 Å². The number of methoxy groups -OCH3 is 1. The van der Waals surface area contributed by atoms with Crippen LogP contribution in [0.2, 0.25) is 0 Å². The normalized spacial score (nSPS) is 19.1. The zero-order valence-electron chi connectivity index (χ0n) is 17.0. The molecule has 2 atom stereocenters. The van der Waals surface area contributed by atoms with Crippen molar-refractivity contribution < 1.29 is 22.3 Å². The highest BCUT2D eigenvalue weighted by Gasteiger charge is 2.31. The maximum absolute atomic E-state index is 13.0. The van der Waals surface area contributed by atoms with Crippen LogP contribution < -0.4 is 20.9 Å². The van der Waals surface area contributed by atoms with Crippen molar-refractivity contribution in [1.82, 2.24) is 20.5 Å². The van der Waals surface area contributed by atoms with E-state index in [0.29, 0.717) is 6.42 Å². The Balaban J connectivity index is 1.68. The number of carbonyl (C=O) groups is 1. The number of rotatable bonds is 7. The van der Waals surface area contributed by atoms with Crippen molar-refractivity contribution in [3.8, 4) is 5.75 Å². The molecule has 0 saturated carbocycles. The summed E-state index contributed by atoms with van der Waals surface area (Å²) in [5.74, 6) is -0.277. The van der Waals surface area contributed by atoms with Gasteiger partial charge in [0.25, 0.3) is 0 Å². The largest absolute Gasteiger partial charge is 0.495 e. The number of nitrogens with one attached hydrogen (secondary N) is 3. The summed E-state index contributed by atoms with van der Waals surface area (Å²) in [6.07, 6.45) is 0.434. The SMILES string of the molecule is COc1ccc(C2CC(C(=O)NCc3ccc(F)cc3)NN2)cc1S(=O)(=O)N(C)C. The molecule has 8 nitrogen and oxygen atoms in total. The predicted octanol–water partition coefficient (Wildman–Crippen LogP) is 1.31. The third-order valence-electron chi connectivity index (χ3n) is 4.95. The lowest BCUT2D eigenvalue weighted by atomic mass is 10.0. The molecule has 1 heterocycles. The van der Waals surface area contributed by atoms with E-state index in [1.165, 1.54) is 33.3 Å². The zero-order chi connectivity index (χ0) is 21.9. The first-order chi connectivity index (χ1) is 14.2. The highest BCUT2D eigenvalue weighted by atomic mass is 32.2. The van der Waals surface area contributed by atoms with Gasteiger partial charge < -0.3 is 10.1 Å². The quantitative estimate of drug-likeness (QED) is 0.605. The fourth-order valence-corrected chi connectivity index (χ4v) is 4.25. The summed E-state index contributed by atoms with van der Waals surface area (Å²) in [4.78, 5) is 12.5. The van der Waals surface area contributed by atoms with Crippen molar-refractivity contribution in [2.24, 2.45) is 0 Å². The van der Waals surface area contributed by atoms with E-state index in [1.54, 1.807) is 30.3 Å². The van der Waals surface area contributed by atoms with Gasteiger partial charge in [-0.3, -0.25) is 4.79 Å². The van der Waals surface area contributed by atoms with E-state index >= 15 is 0 Å². The lowest BCUT2D eigenvalue weighted by molar-refractivity contribution is -0.123. The Morgan fingerprint density at radius 2 is 1.90 bits per heavy atom. The molecule has 1 aliphatic heterocycles. The second-order valence-corrected chi connectivity index (χ2v) is 9.29. The summed E-state index contributed by atoms with van der Waals surface area (Å²) >= 11 is 0. The van der Waals surface area contributed by atoms with Gasteiger partial charge in [-0.25, -0.2) is 28.0 Å². The molecule has 2 aromatic rings. The minimum atomic E-state index is -3.69. The van der Waals surface area contributed by atoms with Crippen molar-refractivity contribution in [1.29, 1.82) is 0 Å². The number of carbonyl (C=O) groups excluding carboxylic acids is 1. The van der Waals surface area contributed by atoms with Crippen molar-refractivity contribution in [3.63, 3.8) is 0 Å². The van der Waals surface area contributed by atoms with Gasteiger partial charge in [0.1, 0.15) is 22.5 Å². The number of hydrogen-bond acceptors (Lipinski definition) is 6. The first-order valence-electron chi connectivity index (χ1n) is 9.36. The molecule has 2 aromatic carbocycles. The Bertz CT molecular complexity index is 1010. The van der Waals surface area contributed by atoms with Gasteiger partial charge in [-0.05, 0) is 41.8 Å². The van der Waals surface area contributed by atoms with Crippen LogP contribution >= 0.6 is 0 Å². The molecule has 1 saturated heterocycles. The number of hydrazine groups is 1. The summed E-state index contributed by atoms with van der Waals surface area (Å²) in [5.41, 5.74) is 7.50. The molecule has 2 unspecified atom stereocenters. The fourth-order valence-electron chi connectivity index (χ4n) is 3.17. The molecule has 162 valence electrons. The average Bonchev–Trinajstić information content (AvgIpc) is 3.23. The molecule has 0 aromatic heterocycles. The summed E-state index contributed by atoms with van der Waals surface area (Å²) in [5, 5.41) is 2.81. The Labute approximate surface area is 175 Å². The third-order valence-corrected chi connectivity index (χ3v) is 6.78. The minimum absolute atomic E-state index is 0.0681. The Morgan fingerprint density at radius 3 is 2.53 bits per heavy atom. The van der Waals surface area contributed by atoms with Gasteiger partial charge in [-0.2, -0.15) is 0 Å². The number of ether oxygens (including phenoxy) is 1. The first kappa shape index (κ1) is 22.2. The van der Waals surface area contributed by atoms with Crippen LogP contribution in [0.15, 0.2) is 47.4 Å². The third kappa shape index (κ3) is 4.78. The van der Waals surface area contributed by atoms with Gasteiger partial charge >= 0.3 is 0 Å². The van der Waals surface area contributed by atoms with Gasteiger partial charge in [0, 0.05) is 26.7 Å². The van der Waals surface area contributed by atoms with Crippen LogP contribution in [0, 0.1) is 5.82 Å². The first-order valence-corrected chi connectivity index (χ1v) is 10.8. The Morgan fingerprint density at radius 1 is 1.20 bits per heavy atom. The molecule has 1 fully saturated rings. The molecule has 0 radical (unpaired) electrons. The Kier molecular flexibility index (Phi) is 6.71. The van der Waals surface area contributed by atoms with E-state index in [4.69, 9.17) is 4.74 Å². The number of amides is 1. The highest BCUT2D eigenvalue weighted by Crippen LogP contribution is 2.31. The number of hydrogen-bond donors (Lipinski definition) is 3. The van der Waals surface area contributed by atoms with E-state index in [9.17, 15) is 17.6 Å². The van der Waals surface area contributed by atoms with Gasteiger partial charge in [0.05, 0.1) is 7.11 Å². The van der Waals surface area contributed by atoms with Crippen molar-refractivity contribution in [2.75, 3.05) is 21.2 Å². The second-order valence-electron chi connectivity index (χ2n) is 7.17. The molecule has 3 N–H and O–H groups in total. The maximum Gasteiger partial charge on any atom is 0.246 e. The Hall–Kier alpha value is -2.53. The second kappa shape index (κ2) is 9.09. The standard InChI is InChI=1S/C20H25FN4O4S/c1-25(2)30(27,28)19-10-14(6-9-18(19)29-3)16-11-17(24-23-16)20(26)22-12-13-4-7-15(21)8-5-13/h4-10,16-17,23-24H,11-12H2,1-3H3,(H,22,26). The molecule has 0 spiro atoms. The van der Waals surface area contributed by atoms with Crippen LogP contribution in [0.4, 0.5) is 4.39 Å². The predicted molar refractivity (Wildman–Crippen MR) is 110 cm³/mol. The lowest BCUT2D eigenvalue weighted by Crippen LogP contribution is -2.42. The van der Waals surface area contributed by atoms with Gasteiger partial charge in [0.2, 0.25) is 15.9 Å². The summed E-state index contributed by atoms with van der Waals surface area (Å²) < 4.78 is 44.5. The molecule has 1 amide bonds. The molecule has 30 heavy (non-hydrogen) atoms. The average molecular weight is 437 g/mol.